The van der Waals surface area contributed by atoms with Crippen molar-refractivity contribution in [2.24, 2.45) is 0 Å². The van der Waals surface area contributed by atoms with Gasteiger partial charge in [-0.1, -0.05) is 18.2 Å². The highest BCUT2D eigenvalue weighted by molar-refractivity contribution is 7.91. The minimum atomic E-state index is -3.79. The van der Waals surface area contributed by atoms with Crippen LogP contribution in [-0.2, 0) is 14.6 Å². The Morgan fingerprint density at radius 2 is 1.86 bits per heavy atom. The molecule has 0 saturated heterocycles. The van der Waals surface area contributed by atoms with Gasteiger partial charge in [0.15, 0.2) is 0 Å². The Bertz CT molecular complexity index is 772. The van der Waals surface area contributed by atoms with Crippen LogP contribution in [0.4, 0.5) is 5.69 Å². The van der Waals surface area contributed by atoms with Crippen molar-refractivity contribution in [3.63, 3.8) is 0 Å². The summed E-state index contributed by atoms with van der Waals surface area (Å²) in [6.07, 6.45) is 0. The minimum absolute atomic E-state index is 0.0284. The van der Waals surface area contributed by atoms with Crippen molar-refractivity contribution >= 4 is 21.5 Å². The minimum Gasteiger partial charge on any atom is -0.497 e. The van der Waals surface area contributed by atoms with E-state index in [-0.39, 0.29) is 22.0 Å². The maximum atomic E-state index is 12.7. The molecule has 0 spiro atoms. The van der Waals surface area contributed by atoms with Crippen molar-refractivity contribution in [3.05, 3.63) is 48.5 Å². The summed E-state index contributed by atoms with van der Waals surface area (Å²) in [6, 6.07) is 12.3. The lowest BCUT2D eigenvalue weighted by molar-refractivity contribution is -0.134. The molecule has 0 heterocycles. The van der Waals surface area contributed by atoms with E-state index in [1.54, 1.807) is 24.3 Å². The zero-order chi connectivity index (χ0) is 16.2. The van der Waals surface area contributed by atoms with Gasteiger partial charge in [-0.15, -0.1) is 0 Å². The topological polar surface area (TPSA) is 92.7 Å². The van der Waals surface area contributed by atoms with Gasteiger partial charge >= 0.3 is 5.97 Å². The lowest BCUT2D eigenvalue weighted by Crippen LogP contribution is -2.15. The molecule has 0 unspecified atom stereocenters. The molecular weight excluding hydrogens is 306 g/mol. The van der Waals surface area contributed by atoms with Crippen LogP contribution >= 0.6 is 0 Å². The molecule has 0 fully saturated rings. The number of ether oxygens (including phenoxy) is 1. The molecule has 0 saturated carbocycles. The van der Waals surface area contributed by atoms with E-state index in [1.807, 2.05) is 0 Å². The second kappa shape index (κ2) is 6.48. The Morgan fingerprint density at radius 1 is 1.18 bits per heavy atom. The van der Waals surface area contributed by atoms with Crippen LogP contribution in [0.15, 0.2) is 58.3 Å². The molecule has 7 heteroatoms. The molecule has 0 aliphatic rings. The molecule has 0 aliphatic heterocycles. The van der Waals surface area contributed by atoms with Crippen molar-refractivity contribution in [3.8, 4) is 5.75 Å². The summed E-state index contributed by atoms with van der Waals surface area (Å²) in [5.41, 5.74) is 0.215. The number of carboxylic acid groups (broad SMARTS) is 1. The lowest BCUT2D eigenvalue weighted by Gasteiger charge is -2.13. The Kier molecular flexibility index (Phi) is 4.67. The summed E-state index contributed by atoms with van der Waals surface area (Å²) in [4.78, 5) is 10.8. The third-order valence-electron chi connectivity index (χ3n) is 2.96. The normalized spacial score (nSPS) is 11.0. The van der Waals surface area contributed by atoms with Crippen LogP contribution in [-0.4, -0.2) is 33.1 Å². The number of benzene rings is 2. The molecule has 6 nitrogen and oxygen atoms in total. The molecule has 0 atom stereocenters. The molecule has 0 aliphatic carbocycles. The highest BCUT2D eigenvalue weighted by Gasteiger charge is 2.22. The molecule has 0 aromatic heterocycles. The molecule has 2 rings (SSSR count). The van der Waals surface area contributed by atoms with E-state index < -0.39 is 15.8 Å². The van der Waals surface area contributed by atoms with Gasteiger partial charge in [-0.2, -0.15) is 0 Å². The summed E-state index contributed by atoms with van der Waals surface area (Å²) in [7, 11) is -2.36. The van der Waals surface area contributed by atoms with Gasteiger partial charge < -0.3 is 15.2 Å². The first-order valence-electron chi connectivity index (χ1n) is 6.39. The summed E-state index contributed by atoms with van der Waals surface area (Å²) in [5, 5.41) is 11.4. The number of aliphatic carboxylic acids is 1. The van der Waals surface area contributed by atoms with Crippen molar-refractivity contribution in [2.75, 3.05) is 19.0 Å². The number of anilines is 1. The summed E-state index contributed by atoms with van der Waals surface area (Å²) in [6.45, 7) is -0.385. The van der Waals surface area contributed by atoms with E-state index in [4.69, 9.17) is 9.84 Å². The molecule has 116 valence electrons. The monoisotopic (exact) mass is 321 g/mol. The molecule has 2 aromatic carbocycles. The van der Waals surface area contributed by atoms with Crippen LogP contribution in [0.3, 0.4) is 0 Å². The van der Waals surface area contributed by atoms with Crippen molar-refractivity contribution < 1.29 is 23.1 Å². The van der Waals surface area contributed by atoms with Gasteiger partial charge in [0.1, 0.15) is 12.3 Å². The number of carboxylic acids is 1. The predicted molar refractivity (Wildman–Crippen MR) is 81.0 cm³/mol. The molecule has 0 amide bonds. The Balaban J connectivity index is 2.53. The van der Waals surface area contributed by atoms with E-state index in [1.165, 1.54) is 31.4 Å². The first kappa shape index (κ1) is 15.8. The second-order valence-corrected chi connectivity index (χ2v) is 6.34. The van der Waals surface area contributed by atoms with Crippen molar-refractivity contribution in [2.45, 2.75) is 9.79 Å². The fourth-order valence-electron chi connectivity index (χ4n) is 1.90. The zero-order valence-corrected chi connectivity index (χ0v) is 12.6. The average Bonchev–Trinajstić information content (AvgIpc) is 2.53. The quantitative estimate of drug-likeness (QED) is 0.845. The third kappa shape index (κ3) is 3.37. The van der Waals surface area contributed by atoms with Crippen LogP contribution in [0.25, 0.3) is 0 Å². The molecule has 0 bridgehead atoms. The Hall–Kier alpha value is -2.54. The molecule has 22 heavy (non-hydrogen) atoms. The number of rotatable bonds is 6. The SMILES string of the molecule is COc1ccc(NCC(=O)O)c(S(=O)(=O)c2ccccc2)c1. The summed E-state index contributed by atoms with van der Waals surface area (Å²) < 4.78 is 30.5. The van der Waals surface area contributed by atoms with Crippen LogP contribution in [0.1, 0.15) is 0 Å². The van der Waals surface area contributed by atoms with Gasteiger partial charge in [0.05, 0.1) is 22.6 Å². The first-order valence-corrected chi connectivity index (χ1v) is 7.87. The first-order chi connectivity index (χ1) is 10.4. The number of sulfone groups is 1. The van der Waals surface area contributed by atoms with Crippen LogP contribution in [0, 0.1) is 0 Å². The summed E-state index contributed by atoms with van der Waals surface area (Å²) >= 11 is 0. The Labute approximate surface area is 128 Å². The van der Waals surface area contributed by atoms with Gasteiger partial charge in [-0.25, -0.2) is 8.42 Å². The van der Waals surface area contributed by atoms with Gasteiger partial charge in [-0.05, 0) is 24.3 Å². The molecule has 2 aromatic rings. The molecule has 0 radical (unpaired) electrons. The predicted octanol–water partition coefficient (Wildman–Crippen LogP) is 2.02. The van der Waals surface area contributed by atoms with Gasteiger partial charge in [0, 0.05) is 6.07 Å². The summed E-state index contributed by atoms with van der Waals surface area (Å²) in [5.74, 6) is -0.714. The second-order valence-electron chi connectivity index (χ2n) is 4.43. The van der Waals surface area contributed by atoms with E-state index in [2.05, 4.69) is 5.32 Å². The van der Waals surface area contributed by atoms with Crippen molar-refractivity contribution in [1.29, 1.82) is 0 Å². The van der Waals surface area contributed by atoms with E-state index in [0.29, 0.717) is 5.75 Å². The maximum absolute atomic E-state index is 12.7. The highest BCUT2D eigenvalue weighted by atomic mass is 32.2. The number of hydrogen-bond acceptors (Lipinski definition) is 5. The van der Waals surface area contributed by atoms with Gasteiger partial charge in [0.25, 0.3) is 0 Å². The zero-order valence-electron chi connectivity index (χ0n) is 11.8. The van der Waals surface area contributed by atoms with Crippen LogP contribution < -0.4 is 10.1 Å². The van der Waals surface area contributed by atoms with Crippen molar-refractivity contribution in [1.82, 2.24) is 0 Å². The van der Waals surface area contributed by atoms with Gasteiger partial charge in [0.2, 0.25) is 9.84 Å². The van der Waals surface area contributed by atoms with Crippen LogP contribution in [0.5, 0.6) is 5.75 Å². The van der Waals surface area contributed by atoms with Gasteiger partial charge in [-0.3, -0.25) is 4.79 Å². The maximum Gasteiger partial charge on any atom is 0.322 e. The highest BCUT2D eigenvalue weighted by Crippen LogP contribution is 2.31. The molecular formula is C15H15NO5S. The standard InChI is InChI=1S/C15H15NO5S/c1-21-11-7-8-13(16-10-15(17)18)14(9-11)22(19,20)12-5-3-2-4-6-12/h2-9,16H,10H2,1H3,(H,17,18). The van der Waals surface area contributed by atoms with E-state index in [0.717, 1.165) is 0 Å². The fourth-order valence-corrected chi connectivity index (χ4v) is 3.37. The number of carbonyl (C=O) groups is 1. The third-order valence-corrected chi connectivity index (χ3v) is 4.77. The number of hydrogen-bond donors (Lipinski definition) is 2. The smallest absolute Gasteiger partial charge is 0.322 e. The Morgan fingerprint density at radius 3 is 2.45 bits per heavy atom. The number of nitrogens with one attached hydrogen (secondary N) is 1. The van der Waals surface area contributed by atoms with Crippen LogP contribution in [0.2, 0.25) is 0 Å². The molecule has 2 N–H and O–H groups in total. The lowest BCUT2D eigenvalue weighted by atomic mass is 10.3. The van der Waals surface area contributed by atoms with E-state index >= 15 is 0 Å². The number of methoxy groups -OCH3 is 1. The average molecular weight is 321 g/mol. The fraction of sp³-hybridized carbons (Fsp3) is 0.133. The largest absolute Gasteiger partial charge is 0.497 e. The van der Waals surface area contributed by atoms with E-state index in [9.17, 15) is 13.2 Å².